The molecule has 1 N–H and O–H groups in total. The Morgan fingerprint density at radius 2 is 1.77 bits per heavy atom. The Balaban J connectivity index is 1.76. The number of benzene rings is 2. The van der Waals surface area contributed by atoms with Gasteiger partial charge in [0.25, 0.3) is 0 Å². The first-order valence-electron chi connectivity index (χ1n) is 10.0. The summed E-state index contributed by atoms with van der Waals surface area (Å²) in [5, 5.41) is 3.02. The van der Waals surface area contributed by atoms with E-state index in [1.54, 1.807) is 0 Å². The molecule has 162 valence electrons. The lowest BCUT2D eigenvalue weighted by Crippen LogP contribution is -2.45. The highest BCUT2D eigenvalue weighted by Gasteiger charge is 2.35. The zero-order valence-corrected chi connectivity index (χ0v) is 19.0. The van der Waals surface area contributed by atoms with Crippen LogP contribution in [0, 0.1) is 13.8 Å². The second-order valence-electron chi connectivity index (χ2n) is 8.74. The van der Waals surface area contributed by atoms with Crippen LogP contribution in [0.5, 0.6) is 5.75 Å². The van der Waals surface area contributed by atoms with Gasteiger partial charge in [0, 0.05) is 18.5 Å². The van der Waals surface area contributed by atoms with Crippen LogP contribution >= 0.6 is 0 Å². The number of rotatable bonds is 6. The van der Waals surface area contributed by atoms with E-state index in [9.17, 15) is 13.2 Å². The summed E-state index contributed by atoms with van der Waals surface area (Å²) in [7, 11) is -3.55. The number of sulfonamides is 1. The van der Waals surface area contributed by atoms with Crippen LogP contribution in [-0.4, -0.2) is 37.0 Å². The van der Waals surface area contributed by atoms with Gasteiger partial charge in [0.2, 0.25) is 15.9 Å². The highest BCUT2D eigenvalue weighted by Crippen LogP contribution is 2.39. The number of nitrogens with one attached hydrogen (secondary N) is 1. The fourth-order valence-electron chi connectivity index (χ4n) is 3.68. The molecule has 6 nitrogen and oxygen atoms in total. The molecule has 0 saturated heterocycles. The number of amides is 1. The van der Waals surface area contributed by atoms with Crippen molar-refractivity contribution in [2.75, 3.05) is 12.8 Å². The number of hydrogen-bond donors (Lipinski definition) is 1. The maximum atomic E-state index is 12.8. The van der Waals surface area contributed by atoms with Crippen molar-refractivity contribution in [1.82, 2.24) is 9.62 Å². The summed E-state index contributed by atoms with van der Waals surface area (Å²) < 4.78 is 31.9. The van der Waals surface area contributed by atoms with Gasteiger partial charge in [0.15, 0.2) is 0 Å². The summed E-state index contributed by atoms with van der Waals surface area (Å²) in [4.78, 5) is 12.8. The summed E-state index contributed by atoms with van der Waals surface area (Å²) in [6.45, 7) is 7.86. The van der Waals surface area contributed by atoms with E-state index in [0.717, 1.165) is 34.3 Å². The monoisotopic (exact) mass is 430 g/mol. The number of aryl methyl sites for hydroxylation is 2. The van der Waals surface area contributed by atoms with Crippen molar-refractivity contribution >= 4 is 15.9 Å². The molecule has 3 rings (SSSR count). The van der Waals surface area contributed by atoms with Crippen LogP contribution in [-0.2, 0) is 21.4 Å². The zero-order chi connectivity index (χ0) is 22.1. The fourth-order valence-corrected chi connectivity index (χ4v) is 4.41. The lowest BCUT2D eigenvalue weighted by atomic mass is 9.89. The normalized spacial score (nSPS) is 17.9. The van der Waals surface area contributed by atoms with Crippen LogP contribution in [0.25, 0.3) is 0 Å². The second kappa shape index (κ2) is 8.40. The van der Waals surface area contributed by atoms with Gasteiger partial charge in [-0.1, -0.05) is 42.0 Å². The topological polar surface area (TPSA) is 75.7 Å². The number of ether oxygens (including phenoxy) is 1. The molecule has 1 heterocycles. The molecule has 30 heavy (non-hydrogen) atoms. The van der Waals surface area contributed by atoms with E-state index in [0.29, 0.717) is 6.42 Å². The van der Waals surface area contributed by atoms with Crippen LogP contribution in [0.4, 0.5) is 0 Å². The maximum Gasteiger partial charge on any atom is 0.235 e. The third-order valence-corrected chi connectivity index (χ3v) is 6.43. The van der Waals surface area contributed by atoms with Crippen molar-refractivity contribution in [1.29, 1.82) is 0 Å². The highest BCUT2D eigenvalue weighted by atomic mass is 32.2. The van der Waals surface area contributed by atoms with E-state index in [2.05, 4.69) is 5.32 Å². The zero-order valence-electron chi connectivity index (χ0n) is 18.2. The molecule has 7 heteroatoms. The van der Waals surface area contributed by atoms with Crippen molar-refractivity contribution in [2.45, 2.75) is 52.3 Å². The number of carbonyl (C=O) groups is 1. The minimum Gasteiger partial charge on any atom is -0.487 e. The van der Waals surface area contributed by atoms with Crippen LogP contribution in [0.1, 0.15) is 48.6 Å². The lowest BCUT2D eigenvalue weighted by molar-refractivity contribution is -0.122. The van der Waals surface area contributed by atoms with E-state index in [-0.39, 0.29) is 25.0 Å². The van der Waals surface area contributed by atoms with Gasteiger partial charge in [-0.3, -0.25) is 4.79 Å². The SMILES string of the molecule is Cc1ccc(CN(CC(=O)N[C@H]2CC(C)(C)Oc3cc(C)ccc32)S(C)(=O)=O)cc1. The Morgan fingerprint density at radius 1 is 1.13 bits per heavy atom. The minimum absolute atomic E-state index is 0.154. The first-order chi connectivity index (χ1) is 13.9. The van der Waals surface area contributed by atoms with Gasteiger partial charge in [-0.25, -0.2) is 8.42 Å². The number of carbonyl (C=O) groups excluding carboxylic acids is 1. The van der Waals surface area contributed by atoms with Crippen molar-refractivity contribution in [2.24, 2.45) is 0 Å². The maximum absolute atomic E-state index is 12.8. The van der Waals surface area contributed by atoms with Crippen LogP contribution < -0.4 is 10.1 Å². The standard InChI is InChI=1S/C23H30N2O4S/c1-16-6-9-18(10-7-16)14-25(30(5,27)28)15-22(26)24-20-13-23(3,4)29-21-12-17(2)8-11-19(20)21/h6-12,20H,13-15H2,1-5H3,(H,24,26)/t20-/m0/s1. The Hall–Kier alpha value is -2.38. The molecule has 1 atom stereocenters. The average molecular weight is 431 g/mol. The van der Waals surface area contributed by atoms with Gasteiger partial charge in [0.05, 0.1) is 18.8 Å². The van der Waals surface area contributed by atoms with Crippen LogP contribution in [0.15, 0.2) is 42.5 Å². The number of hydrogen-bond acceptors (Lipinski definition) is 4. The third kappa shape index (κ3) is 5.61. The van der Waals surface area contributed by atoms with E-state index in [4.69, 9.17) is 4.74 Å². The average Bonchev–Trinajstić information content (AvgIpc) is 2.60. The number of fused-ring (bicyclic) bond motifs is 1. The minimum atomic E-state index is -3.55. The number of nitrogens with zero attached hydrogens (tertiary/aromatic N) is 1. The largest absolute Gasteiger partial charge is 0.487 e. The molecule has 0 aliphatic carbocycles. The predicted octanol–water partition coefficient (Wildman–Crippen LogP) is 3.48. The van der Waals surface area contributed by atoms with Gasteiger partial charge in [-0.15, -0.1) is 0 Å². The van der Waals surface area contributed by atoms with Gasteiger partial charge in [0.1, 0.15) is 11.4 Å². The molecular formula is C23H30N2O4S. The van der Waals surface area contributed by atoms with Gasteiger partial charge < -0.3 is 10.1 Å². The lowest BCUT2D eigenvalue weighted by Gasteiger charge is -2.38. The molecule has 1 aliphatic rings. The Bertz CT molecular complexity index is 1030. The third-order valence-electron chi connectivity index (χ3n) is 5.23. The van der Waals surface area contributed by atoms with E-state index in [1.165, 1.54) is 4.31 Å². The molecule has 0 spiro atoms. The molecule has 1 amide bonds. The second-order valence-corrected chi connectivity index (χ2v) is 10.7. The molecule has 1 aliphatic heterocycles. The smallest absolute Gasteiger partial charge is 0.235 e. The fraction of sp³-hybridized carbons (Fsp3) is 0.435. The van der Waals surface area contributed by atoms with E-state index < -0.39 is 15.6 Å². The summed E-state index contributed by atoms with van der Waals surface area (Å²) in [5.41, 5.74) is 3.50. The van der Waals surface area contributed by atoms with Crippen molar-refractivity contribution < 1.29 is 17.9 Å². The molecule has 0 fully saturated rings. The Morgan fingerprint density at radius 3 is 2.40 bits per heavy atom. The van der Waals surface area contributed by atoms with Gasteiger partial charge >= 0.3 is 0 Å². The molecule has 2 aromatic rings. The quantitative estimate of drug-likeness (QED) is 0.761. The van der Waals surface area contributed by atoms with Crippen molar-refractivity contribution in [3.05, 3.63) is 64.7 Å². The van der Waals surface area contributed by atoms with Crippen molar-refractivity contribution in [3.63, 3.8) is 0 Å². The van der Waals surface area contributed by atoms with E-state index in [1.807, 2.05) is 70.2 Å². The van der Waals surface area contributed by atoms with Crippen LogP contribution in [0.2, 0.25) is 0 Å². The molecule has 2 aromatic carbocycles. The molecule has 0 radical (unpaired) electrons. The Kier molecular flexibility index (Phi) is 6.24. The molecule has 0 saturated carbocycles. The predicted molar refractivity (Wildman–Crippen MR) is 118 cm³/mol. The first-order valence-corrected chi connectivity index (χ1v) is 11.9. The van der Waals surface area contributed by atoms with Gasteiger partial charge in [-0.2, -0.15) is 4.31 Å². The van der Waals surface area contributed by atoms with E-state index >= 15 is 0 Å². The molecular weight excluding hydrogens is 400 g/mol. The first kappa shape index (κ1) is 22.3. The van der Waals surface area contributed by atoms with Crippen LogP contribution in [0.3, 0.4) is 0 Å². The Labute approximate surface area is 179 Å². The summed E-state index contributed by atoms with van der Waals surface area (Å²) in [6, 6.07) is 13.3. The summed E-state index contributed by atoms with van der Waals surface area (Å²) in [6.07, 6.45) is 1.73. The highest BCUT2D eigenvalue weighted by molar-refractivity contribution is 7.88. The summed E-state index contributed by atoms with van der Waals surface area (Å²) >= 11 is 0. The van der Waals surface area contributed by atoms with Gasteiger partial charge in [-0.05, 0) is 44.9 Å². The molecule has 0 bridgehead atoms. The molecule has 0 aromatic heterocycles. The molecule has 0 unspecified atom stereocenters. The van der Waals surface area contributed by atoms with Crippen molar-refractivity contribution in [3.8, 4) is 5.75 Å². The summed E-state index contributed by atoms with van der Waals surface area (Å²) in [5.74, 6) is 0.429.